The SMILES string of the molecule is CCCCCCCCCCCCCC(=O)NCCCCC(NC(=O)OCc1ccccc1)C(=O)O. The molecule has 1 atom stereocenters. The molecule has 0 aliphatic heterocycles. The highest BCUT2D eigenvalue weighted by atomic mass is 16.5. The maximum Gasteiger partial charge on any atom is 0.408 e. The van der Waals surface area contributed by atoms with Gasteiger partial charge in [-0.15, -0.1) is 0 Å². The van der Waals surface area contributed by atoms with E-state index in [1.165, 1.54) is 57.8 Å². The van der Waals surface area contributed by atoms with Crippen molar-refractivity contribution in [1.82, 2.24) is 10.6 Å². The molecule has 7 nitrogen and oxygen atoms in total. The van der Waals surface area contributed by atoms with Crippen LogP contribution >= 0.6 is 0 Å². The summed E-state index contributed by atoms with van der Waals surface area (Å²) in [5.41, 5.74) is 0.832. The number of carboxylic acid groups (broad SMARTS) is 1. The molecule has 0 aliphatic rings. The van der Waals surface area contributed by atoms with Gasteiger partial charge in [0, 0.05) is 13.0 Å². The highest BCUT2D eigenvalue weighted by molar-refractivity contribution is 5.79. The summed E-state index contributed by atoms with van der Waals surface area (Å²) in [7, 11) is 0. The monoisotopic (exact) mass is 490 g/mol. The van der Waals surface area contributed by atoms with E-state index in [2.05, 4.69) is 17.6 Å². The largest absolute Gasteiger partial charge is 0.480 e. The van der Waals surface area contributed by atoms with Crippen LogP contribution in [0.3, 0.4) is 0 Å². The van der Waals surface area contributed by atoms with Crippen LogP contribution in [-0.2, 0) is 20.9 Å². The molecule has 0 saturated carbocycles. The van der Waals surface area contributed by atoms with Crippen molar-refractivity contribution in [2.24, 2.45) is 0 Å². The van der Waals surface area contributed by atoms with Crippen LogP contribution < -0.4 is 10.6 Å². The van der Waals surface area contributed by atoms with Crippen molar-refractivity contribution < 1.29 is 24.2 Å². The van der Waals surface area contributed by atoms with Gasteiger partial charge in [-0.3, -0.25) is 4.79 Å². The average Bonchev–Trinajstić information content (AvgIpc) is 2.85. The fraction of sp³-hybridized carbons (Fsp3) is 0.679. The summed E-state index contributed by atoms with van der Waals surface area (Å²) in [4.78, 5) is 35.3. The minimum Gasteiger partial charge on any atom is -0.480 e. The number of aliphatic carboxylic acids is 1. The van der Waals surface area contributed by atoms with Gasteiger partial charge in [-0.25, -0.2) is 9.59 Å². The van der Waals surface area contributed by atoms with Crippen LogP contribution in [0.5, 0.6) is 0 Å². The molecular formula is C28H46N2O5. The Morgan fingerprint density at radius 2 is 1.43 bits per heavy atom. The predicted octanol–water partition coefficient (Wildman–Crippen LogP) is 6.35. The molecule has 198 valence electrons. The predicted molar refractivity (Wildman–Crippen MR) is 139 cm³/mol. The molecule has 35 heavy (non-hydrogen) atoms. The van der Waals surface area contributed by atoms with Crippen LogP contribution in [-0.4, -0.2) is 35.7 Å². The molecule has 0 radical (unpaired) electrons. The van der Waals surface area contributed by atoms with Crippen LogP contribution in [0.1, 0.15) is 109 Å². The lowest BCUT2D eigenvalue weighted by molar-refractivity contribution is -0.139. The highest BCUT2D eigenvalue weighted by Gasteiger charge is 2.20. The molecule has 2 amide bonds. The second kappa shape index (κ2) is 20.8. The Balaban J connectivity index is 2.00. The van der Waals surface area contributed by atoms with E-state index in [0.717, 1.165) is 18.4 Å². The van der Waals surface area contributed by atoms with Crippen molar-refractivity contribution in [3.05, 3.63) is 35.9 Å². The third-order valence-electron chi connectivity index (χ3n) is 6.05. The summed E-state index contributed by atoms with van der Waals surface area (Å²) in [6.07, 6.45) is 15.1. The van der Waals surface area contributed by atoms with Crippen molar-refractivity contribution in [2.45, 2.75) is 116 Å². The molecule has 0 saturated heterocycles. The van der Waals surface area contributed by atoms with Crippen molar-refractivity contribution in [3.8, 4) is 0 Å². The van der Waals surface area contributed by atoms with E-state index in [0.29, 0.717) is 25.8 Å². The number of alkyl carbamates (subject to hydrolysis) is 1. The molecule has 0 spiro atoms. The second-order valence-corrected chi connectivity index (χ2v) is 9.23. The van der Waals surface area contributed by atoms with E-state index < -0.39 is 18.1 Å². The van der Waals surface area contributed by atoms with Gasteiger partial charge in [0.25, 0.3) is 0 Å². The van der Waals surface area contributed by atoms with E-state index in [-0.39, 0.29) is 18.9 Å². The number of hydrogen-bond donors (Lipinski definition) is 3. The molecule has 0 fully saturated rings. The third kappa shape index (κ3) is 17.5. The molecule has 0 aliphatic carbocycles. The smallest absolute Gasteiger partial charge is 0.408 e. The van der Waals surface area contributed by atoms with Crippen LogP contribution in [0.25, 0.3) is 0 Å². The van der Waals surface area contributed by atoms with Gasteiger partial charge in [-0.1, -0.05) is 101 Å². The summed E-state index contributed by atoms with van der Waals surface area (Å²) < 4.78 is 5.09. The number of carbonyl (C=O) groups excluding carboxylic acids is 2. The van der Waals surface area contributed by atoms with Crippen molar-refractivity contribution >= 4 is 18.0 Å². The summed E-state index contributed by atoms with van der Waals surface area (Å²) >= 11 is 0. The minimum absolute atomic E-state index is 0.0540. The zero-order valence-electron chi connectivity index (χ0n) is 21.6. The molecule has 0 aromatic heterocycles. The number of unbranched alkanes of at least 4 members (excludes halogenated alkanes) is 11. The standard InChI is InChI=1S/C28H46N2O5/c1-2-3-4-5-6-7-8-9-10-11-15-21-26(31)29-22-17-16-20-25(27(32)33)30-28(34)35-23-24-18-13-12-14-19-24/h12-14,18-19,25H,2-11,15-17,20-23H2,1H3,(H,29,31)(H,30,34)(H,32,33). The number of nitrogens with one attached hydrogen (secondary N) is 2. The quantitative estimate of drug-likeness (QED) is 0.174. The molecule has 1 rings (SSSR count). The molecule has 1 aromatic carbocycles. The minimum atomic E-state index is -1.10. The van der Waals surface area contributed by atoms with Gasteiger partial charge >= 0.3 is 12.1 Å². The maximum atomic E-state index is 12.0. The lowest BCUT2D eigenvalue weighted by atomic mass is 10.1. The number of hydrogen-bond acceptors (Lipinski definition) is 4. The van der Waals surface area contributed by atoms with Gasteiger partial charge in [-0.05, 0) is 31.2 Å². The van der Waals surface area contributed by atoms with Gasteiger partial charge < -0.3 is 20.5 Å². The van der Waals surface area contributed by atoms with E-state index in [9.17, 15) is 19.5 Å². The summed E-state index contributed by atoms with van der Waals surface area (Å²) in [6.45, 7) is 2.84. The second-order valence-electron chi connectivity index (χ2n) is 9.23. The Morgan fingerprint density at radius 3 is 2.03 bits per heavy atom. The van der Waals surface area contributed by atoms with Crippen molar-refractivity contribution in [1.29, 1.82) is 0 Å². The van der Waals surface area contributed by atoms with Crippen LogP contribution in [0.15, 0.2) is 30.3 Å². The van der Waals surface area contributed by atoms with Crippen molar-refractivity contribution in [2.75, 3.05) is 6.54 Å². The Bertz CT molecular complexity index is 696. The van der Waals surface area contributed by atoms with E-state index in [1.807, 2.05) is 30.3 Å². The molecule has 7 heteroatoms. The summed E-state index contributed by atoms with van der Waals surface area (Å²) in [5.74, 6) is -1.04. The lowest BCUT2D eigenvalue weighted by Gasteiger charge is -2.14. The molecular weight excluding hydrogens is 444 g/mol. The summed E-state index contributed by atoms with van der Waals surface area (Å²) in [5, 5.41) is 14.6. The zero-order chi connectivity index (χ0) is 25.6. The zero-order valence-corrected chi connectivity index (χ0v) is 21.6. The fourth-order valence-corrected chi connectivity index (χ4v) is 3.90. The highest BCUT2D eigenvalue weighted by Crippen LogP contribution is 2.12. The number of amides is 2. The Kier molecular flexibility index (Phi) is 18.1. The normalized spacial score (nSPS) is 11.6. The lowest BCUT2D eigenvalue weighted by Crippen LogP contribution is -2.41. The average molecular weight is 491 g/mol. The Morgan fingerprint density at radius 1 is 0.829 bits per heavy atom. The van der Waals surface area contributed by atoms with Gasteiger partial charge in [0.1, 0.15) is 12.6 Å². The molecule has 1 aromatic rings. The van der Waals surface area contributed by atoms with Gasteiger partial charge in [0.15, 0.2) is 0 Å². The van der Waals surface area contributed by atoms with Crippen LogP contribution in [0, 0.1) is 0 Å². The van der Waals surface area contributed by atoms with Gasteiger partial charge in [0.05, 0.1) is 0 Å². The van der Waals surface area contributed by atoms with E-state index >= 15 is 0 Å². The van der Waals surface area contributed by atoms with Crippen LogP contribution in [0.2, 0.25) is 0 Å². The first-order chi connectivity index (χ1) is 17.0. The Hall–Kier alpha value is -2.57. The Labute approximate surface area is 211 Å². The first-order valence-electron chi connectivity index (χ1n) is 13.5. The summed E-state index contributed by atoms with van der Waals surface area (Å²) in [6, 6.07) is 8.19. The van der Waals surface area contributed by atoms with E-state index in [4.69, 9.17) is 4.74 Å². The van der Waals surface area contributed by atoms with Crippen LogP contribution in [0.4, 0.5) is 4.79 Å². The van der Waals surface area contributed by atoms with Gasteiger partial charge in [0.2, 0.25) is 5.91 Å². The number of ether oxygens (including phenoxy) is 1. The third-order valence-corrected chi connectivity index (χ3v) is 6.05. The maximum absolute atomic E-state index is 12.0. The molecule has 0 bridgehead atoms. The topological polar surface area (TPSA) is 105 Å². The number of carbonyl (C=O) groups is 3. The van der Waals surface area contributed by atoms with E-state index in [1.54, 1.807) is 0 Å². The van der Waals surface area contributed by atoms with Crippen molar-refractivity contribution in [3.63, 3.8) is 0 Å². The number of rotatable bonds is 21. The molecule has 0 heterocycles. The molecule has 1 unspecified atom stereocenters. The first kappa shape index (κ1) is 30.5. The molecule has 3 N–H and O–H groups in total. The number of carboxylic acids is 1. The van der Waals surface area contributed by atoms with Gasteiger partial charge in [-0.2, -0.15) is 0 Å². The fourth-order valence-electron chi connectivity index (χ4n) is 3.90. The first-order valence-corrected chi connectivity index (χ1v) is 13.5. The number of benzene rings is 1.